The molecule has 3 aromatic rings. The van der Waals surface area contributed by atoms with E-state index in [2.05, 4.69) is 5.32 Å². The van der Waals surface area contributed by atoms with E-state index in [0.29, 0.717) is 11.3 Å². The highest BCUT2D eigenvalue weighted by Crippen LogP contribution is 2.29. The molecule has 23 heavy (non-hydrogen) atoms. The number of ketones is 1. The maximum Gasteiger partial charge on any atom is 0.246 e. The average molecular weight is 306 g/mol. The van der Waals surface area contributed by atoms with E-state index < -0.39 is 0 Å². The number of carbonyl (C=O) groups is 2. The first-order valence-corrected chi connectivity index (χ1v) is 7.37. The van der Waals surface area contributed by atoms with Crippen LogP contribution >= 0.6 is 0 Å². The van der Waals surface area contributed by atoms with Crippen LogP contribution in [0.2, 0.25) is 0 Å². The Bertz CT molecular complexity index is 880. The second-order valence-electron chi connectivity index (χ2n) is 5.42. The maximum atomic E-state index is 12.5. The number of nitrogens with one attached hydrogen (secondary N) is 1. The molecule has 2 aromatic carbocycles. The van der Waals surface area contributed by atoms with Gasteiger partial charge in [-0.2, -0.15) is 0 Å². The van der Waals surface area contributed by atoms with Crippen LogP contribution in [0.4, 0.5) is 11.4 Å². The fraction of sp³-hybridized carbons (Fsp3) is 0.111. The van der Waals surface area contributed by atoms with Gasteiger partial charge in [0.05, 0.1) is 24.5 Å². The van der Waals surface area contributed by atoms with Crippen LogP contribution in [-0.4, -0.2) is 24.8 Å². The highest BCUT2D eigenvalue weighted by Gasteiger charge is 2.26. The predicted octanol–water partition coefficient (Wildman–Crippen LogP) is 3.07. The minimum atomic E-state index is -0.216. The molecule has 0 unspecified atom stereocenters. The quantitative estimate of drug-likeness (QED) is 0.755. The van der Waals surface area contributed by atoms with Crippen molar-refractivity contribution in [3.05, 3.63) is 60.4 Å². The molecule has 0 fully saturated rings. The zero-order valence-electron chi connectivity index (χ0n) is 12.3. The van der Waals surface area contributed by atoms with Gasteiger partial charge in [-0.25, -0.2) is 0 Å². The summed E-state index contributed by atoms with van der Waals surface area (Å²) in [5, 5.41) is 3.93. The van der Waals surface area contributed by atoms with Crippen molar-refractivity contribution in [2.45, 2.75) is 0 Å². The lowest BCUT2D eigenvalue weighted by molar-refractivity contribution is -0.117. The number of Topliss-reactive ketones (excluding diaryl/α,β-unsaturated/α-hetero) is 1. The summed E-state index contributed by atoms with van der Waals surface area (Å²) in [4.78, 5) is 26.2. The Morgan fingerprint density at radius 1 is 1.13 bits per heavy atom. The fourth-order valence-corrected chi connectivity index (χ4v) is 2.77. The number of rotatable bonds is 3. The highest BCUT2D eigenvalue weighted by molar-refractivity contribution is 6.09. The zero-order chi connectivity index (χ0) is 15.8. The number of amides is 1. The second-order valence-corrected chi connectivity index (χ2v) is 5.42. The van der Waals surface area contributed by atoms with Crippen LogP contribution in [-0.2, 0) is 4.79 Å². The molecule has 0 aliphatic carbocycles. The smallest absolute Gasteiger partial charge is 0.246 e. The van der Waals surface area contributed by atoms with Crippen LogP contribution in [0.5, 0.6) is 0 Å². The Kier molecular flexibility index (Phi) is 3.12. The summed E-state index contributed by atoms with van der Waals surface area (Å²) in [5.74, 6) is -0.0746. The second kappa shape index (κ2) is 5.28. The van der Waals surface area contributed by atoms with Crippen molar-refractivity contribution in [3.8, 4) is 0 Å². The molecule has 5 heteroatoms. The summed E-state index contributed by atoms with van der Waals surface area (Å²) in [6, 6.07) is 16.6. The van der Waals surface area contributed by atoms with E-state index in [1.165, 1.54) is 4.90 Å². The maximum absolute atomic E-state index is 12.5. The van der Waals surface area contributed by atoms with Gasteiger partial charge in [-0.05, 0) is 24.3 Å². The van der Waals surface area contributed by atoms with Crippen molar-refractivity contribution in [2.24, 2.45) is 0 Å². The molecule has 4 rings (SSSR count). The van der Waals surface area contributed by atoms with Crippen LogP contribution < -0.4 is 10.2 Å². The van der Waals surface area contributed by atoms with Gasteiger partial charge < -0.3 is 14.6 Å². The van der Waals surface area contributed by atoms with Crippen LogP contribution in [0, 0.1) is 0 Å². The van der Waals surface area contributed by atoms with Gasteiger partial charge >= 0.3 is 0 Å². The first kappa shape index (κ1) is 13.6. The molecule has 2 heterocycles. The number of furan rings is 1. The van der Waals surface area contributed by atoms with Gasteiger partial charge in [0.25, 0.3) is 0 Å². The van der Waals surface area contributed by atoms with Crippen molar-refractivity contribution >= 4 is 34.0 Å². The van der Waals surface area contributed by atoms with E-state index in [-0.39, 0.29) is 30.5 Å². The molecular weight excluding hydrogens is 292 g/mol. The minimum absolute atomic E-state index is 0.0304. The van der Waals surface area contributed by atoms with Crippen LogP contribution in [0.1, 0.15) is 10.6 Å². The SMILES string of the molecule is O=C(CN1C(=O)CNc2ccccc21)c1cc2ccccc2o1. The van der Waals surface area contributed by atoms with E-state index in [1.54, 1.807) is 6.07 Å². The van der Waals surface area contributed by atoms with Crippen molar-refractivity contribution < 1.29 is 14.0 Å². The molecule has 0 saturated heterocycles. The van der Waals surface area contributed by atoms with E-state index in [4.69, 9.17) is 4.42 Å². The Labute approximate surface area is 132 Å². The number of para-hydroxylation sites is 3. The standard InChI is InChI=1S/C18H14N2O3/c21-15(17-9-12-5-1-4-8-16(12)23-17)11-20-14-7-3-2-6-13(14)19-10-18(20)22/h1-9,19H,10-11H2. The molecule has 1 aliphatic rings. The Morgan fingerprint density at radius 3 is 2.78 bits per heavy atom. The Morgan fingerprint density at radius 2 is 1.91 bits per heavy atom. The molecule has 0 radical (unpaired) electrons. The van der Waals surface area contributed by atoms with Crippen molar-refractivity contribution in [1.29, 1.82) is 0 Å². The van der Waals surface area contributed by atoms with Crippen LogP contribution in [0.3, 0.4) is 0 Å². The van der Waals surface area contributed by atoms with E-state index in [0.717, 1.165) is 11.1 Å². The number of benzene rings is 2. The summed E-state index contributed by atoms with van der Waals surface area (Å²) in [5.41, 5.74) is 2.24. The number of carbonyl (C=O) groups excluding carboxylic acids is 2. The number of hydrogen-bond acceptors (Lipinski definition) is 4. The highest BCUT2D eigenvalue weighted by atomic mass is 16.3. The van der Waals surface area contributed by atoms with Crippen LogP contribution in [0.15, 0.2) is 59.0 Å². The fourth-order valence-electron chi connectivity index (χ4n) is 2.77. The van der Waals surface area contributed by atoms with Crippen LogP contribution in [0.25, 0.3) is 11.0 Å². The van der Waals surface area contributed by atoms with Crippen molar-refractivity contribution in [1.82, 2.24) is 0 Å². The normalized spacial score (nSPS) is 13.7. The molecule has 0 saturated carbocycles. The molecule has 1 aliphatic heterocycles. The topological polar surface area (TPSA) is 62.6 Å². The summed E-state index contributed by atoms with van der Waals surface area (Å²) >= 11 is 0. The number of fused-ring (bicyclic) bond motifs is 2. The molecule has 1 amide bonds. The van der Waals surface area contributed by atoms with Gasteiger partial charge in [-0.15, -0.1) is 0 Å². The van der Waals surface area contributed by atoms with Gasteiger partial charge in [-0.1, -0.05) is 30.3 Å². The van der Waals surface area contributed by atoms with E-state index >= 15 is 0 Å². The van der Waals surface area contributed by atoms with E-state index in [9.17, 15) is 9.59 Å². The Balaban J connectivity index is 1.64. The van der Waals surface area contributed by atoms with Gasteiger partial charge in [0, 0.05) is 5.39 Å². The first-order valence-electron chi connectivity index (χ1n) is 7.37. The number of anilines is 2. The predicted molar refractivity (Wildman–Crippen MR) is 87.8 cm³/mol. The third kappa shape index (κ3) is 2.36. The largest absolute Gasteiger partial charge is 0.453 e. The molecule has 5 nitrogen and oxygen atoms in total. The summed E-state index contributed by atoms with van der Waals surface area (Å²) in [7, 11) is 0. The minimum Gasteiger partial charge on any atom is -0.453 e. The van der Waals surface area contributed by atoms with Gasteiger partial charge in [0.15, 0.2) is 5.76 Å². The van der Waals surface area contributed by atoms with Gasteiger partial charge in [0.1, 0.15) is 5.58 Å². The van der Waals surface area contributed by atoms with Crippen molar-refractivity contribution in [3.63, 3.8) is 0 Å². The van der Waals surface area contributed by atoms with E-state index in [1.807, 2.05) is 48.5 Å². The molecule has 0 bridgehead atoms. The van der Waals surface area contributed by atoms with Gasteiger partial charge in [-0.3, -0.25) is 9.59 Å². The number of hydrogen-bond donors (Lipinski definition) is 1. The average Bonchev–Trinajstić information content (AvgIpc) is 3.01. The third-order valence-corrected chi connectivity index (χ3v) is 3.93. The third-order valence-electron chi connectivity index (χ3n) is 3.93. The zero-order valence-corrected chi connectivity index (χ0v) is 12.3. The lowest BCUT2D eigenvalue weighted by Crippen LogP contribution is -2.42. The summed E-state index contributed by atoms with van der Waals surface area (Å²) < 4.78 is 5.59. The van der Waals surface area contributed by atoms with Gasteiger partial charge in [0.2, 0.25) is 11.7 Å². The number of nitrogens with zero attached hydrogens (tertiary/aromatic N) is 1. The lowest BCUT2D eigenvalue weighted by Gasteiger charge is -2.29. The molecule has 1 N–H and O–H groups in total. The molecule has 0 spiro atoms. The monoisotopic (exact) mass is 306 g/mol. The summed E-state index contributed by atoms with van der Waals surface area (Å²) in [6.07, 6.45) is 0. The Hall–Kier alpha value is -3.08. The molecular formula is C18H14N2O3. The summed E-state index contributed by atoms with van der Waals surface area (Å²) in [6.45, 7) is 0.155. The molecule has 0 atom stereocenters. The van der Waals surface area contributed by atoms with Crippen molar-refractivity contribution in [2.75, 3.05) is 23.3 Å². The molecule has 1 aromatic heterocycles. The first-order chi connectivity index (χ1) is 11.2. The molecule has 114 valence electrons. The lowest BCUT2D eigenvalue weighted by atomic mass is 10.1.